The molecule has 0 spiro atoms. The maximum Gasteiger partial charge on any atom is 0.0700 e. The first kappa shape index (κ1) is 7.98. The van der Waals surface area contributed by atoms with Gasteiger partial charge in [0.25, 0.3) is 0 Å². The summed E-state index contributed by atoms with van der Waals surface area (Å²) in [5.41, 5.74) is 5.31. The van der Waals surface area contributed by atoms with Gasteiger partial charge in [-0.2, -0.15) is 0 Å². The summed E-state index contributed by atoms with van der Waals surface area (Å²) in [5, 5.41) is 3.23. The molecule has 3 nitrogen and oxygen atoms in total. The summed E-state index contributed by atoms with van der Waals surface area (Å²) in [4.78, 5) is 0. The topological polar surface area (TPSA) is 47.3 Å². The van der Waals surface area contributed by atoms with Gasteiger partial charge in [-0.05, 0) is 12.8 Å². The van der Waals surface area contributed by atoms with E-state index < -0.39 is 0 Å². The third-order valence-corrected chi connectivity index (χ3v) is 1.72. The average Bonchev–Trinajstić information content (AvgIpc) is 2.41. The van der Waals surface area contributed by atoms with E-state index in [4.69, 9.17) is 10.5 Å². The lowest BCUT2D eigenvalue weighted by Gasteiger charge is -2.08. The smallest absolute Gasteiger partial charge is 0.0700 e. The highest BCUT2D eigenvalue weighted by molar-refractivity contribution is 4.66. The second kappa shape index (κ2) is 4.66. The molecule has 0 amide bonds. The van der Waals surface area contributed by atoms with Gasteiger partial charge in [0.2, 0.25) is 0 Å². The third-order valence-electron chi connectivity index (χ3n) is 1.72. The molecule has 0 saturated carbocycles. The van der Waals surface area contributed by atoms with Crippen LogP contribution in [0.2, 0.25) is 0 Å². The molecule has 10 heavy (non-hydrogen) atoms. The zero-order valence-corrected chi connectivity index (χ0v) is 6.31. The summed E-state index contributed by atoms with van der Waals surface area (Å²) in [7, 11) is 0. The second-order valence-corrected chi connectivity index (χ2v) is 2.63. The highest BCUT2D eigenvalue weighted by Crippen LogP contribution is 2.09. The van der Waals surface area contributed by atoms with Crippen molar-refractivity contribution in [2.45, 2.75) is 18.9 Å². The van der Waals surface area contributed by atoms with E-state index in [9.17, 15) is 0 Å². The van der Waals surface area contributed by atoms with Gasteiger partial charge < -0.3 is 15.8 Å². The first-order chi connectivity index (χ1) is 4.93. The van der Waals surface area contributed by atoms with Crippen molar-refractivity contribution in [2.75, 3.05) is 26.2 Å². The Morgan fingerprint density at radius 2 is 2.50 bits per heavy atom. The third kappa shape index (κ3) is 2.64. The molecule has 0 radical (unpaired) electrons. The van der Waals surface area contributed by atoms with E-state index in [-0.39, 0.29) is 0 Å². The van der Waals surface area contributed by atoms with Gasteiger partial charge in [-0.25, -0.2) is 0 Å². The van der Waals surface area contributed by atoms with Gasteiger partial charge in [0.15, 0.2) is 0 Å². The Bertz CT molecular complexity index is 81.7. The van der Waals surface area contributed by atoms with Crippen LogP contribution in [0, 0.1) is 0 Å². The first-order valence-electron chi connectivity index (χ1n) is 3.96. The van der Waals surface area contributed by atoms with Crippen LogP contribution in [0.5, 0.6) is 0 Å². The van der Waals surface area contributed by atoms with Crippen LogP contribution in [0.1, 0.15) is 12.8 Å². The predicted octanol–water partition coefficient (Wildman–Crippen LogP) is -0.286. The molecule has 0 aromatic carbocycles. The normalized spacial score (nSPS) is 25.5. The number of rotatable bonds is 4. The van der Waals surface area contributed by atoms with E-state index in [0.29, 0.717) is 12.6 Å². The van der Waals surface area contributed by atoms with Gasteiger partial charge in [0, 0.05) is 26.2 Å². The van der Waals surface area contributed by atoms with Crippen LogP contribution in [0.15, 0.2) is 0 Å². The molecule has 1 aliphatic rings. The van der Waals surface area contributed by atoms with Crippen molar-refractivity contribution in [3.8, 4) is 0 Å². The Labute approximate surface area is 61.9 Å². The quantitative estimate of drug-likeness (QED) is 0.533. The minimum absolute atomic E-state index is 0.451. The average molecular weight is 144 g/mol. The lowest BCUT2D eigenvalue weighted by Crippen LogP contribution is -2.30. The number of nitrogens with one attached hydrogen (secondary N) is 1. The Kier molecular flexibility index (Phi) is 3.72. The van der Waals surface area contributed by atoms with Crippen LogP contribution < -0.4 is 11.1 Å². The number of hydrogen-bond acceptors (Lipinski definition) is 3. The molecule has 1 heterocycles. The largest absolute Gasteiger partial charge is 0.377 e. The fraction of sp³-hybridized carbons (Fsp3) is 1.00. The molecule has 3 N–H and O–H groups in total. The summed E-state index contributed by atoms with van der Waals surface area (Å²) in [6.07, 6.45) is 2.87. The summed E-state index contributed by atoms with van der Waals surface area (Å²) < 4.78 is 5.40. The van der Waals surface area contributed by atoms with Gasteiger partial charge in [0.05, 0.1) is 6.10 Å². The molecule has 1 aliphatic heterocycles. The molecule has 1 atom stereocenters. The van der Waals surface area contributed by atoms with Crippen LogP contribution in [0.3, 0.4) is 0 Å². The van der Waals surface area contributed by atoms with E-state index in [0.717, 1.165) is 19.7 Å². The Morgan fingerprint density at radius 3 is 3.10 bits per heavy atom. The summed E-state index contributed by atoms with van der Waals surface area (Å²) in [5.74, 6) is 0. The molecule has 0 aliphatic carbocycles. The lowest BCUT2D eigenvalue weighted by atomic mass is 10.2. The van der Waals surface area contributed by atoms with Crippen molar-refractivity contribution in [3.05, 3.63) is 0 Å². The molecule has 1 saturated heterocycles. The molecular formula is C7H16N2O. The highest BCUT2D eigenvalue weighted by atomic mass is 16.5. The fourth-order valence-electron chi connectivity index (χ4n) is 1.17. The first-order valence-corrected chi connectivity index (χ1v) is 3.96. The maximum absolute atomic E-state index is 5.40. The van der Waals surface area contributed by atoms with Crippen molar-refractivity contribution in [2.24, 2.45) is 5.73 Å². The van der Waals surface area contributed by atoms with Gasteiger partial charge in [0.1, 0.15) is 0 Å². The predicted molar refractivity (Wildman–Crippen MR) is 40.9 cm³/mol. The standard InChI is InChI=1S/C7H16N2O/c8-3-4-9-6-7-2-1-5-10-7/h7,9H,1-6,8H2/t7-/m1/s1. The van der Waals surface area contributed by atoms with Crippen molar-refractivity contribution >= 4 is 0 Å². The molecule has 0 unspecified atom stereocenters. The molecule has 3 heteroatoms. The van der Waals surface area contributed by atoms with Crippen molar-refractivity contribution < 1.29 is 4.74 Å². The second-order valence-electron chi connectivity index (χ2n) is 2.63. The Morgan fingerprint density at radius 1 is 1.60 bits per heavy atom. The Hall–Kier alpha value is -0.120. The fourth-order valence-corrected chi connectivity index (χ4v) is 1.17. The van der Waals surface area contributed by atoms with E-state index in [2.05, 4.69) is 5.32 Å². The number of hydrogen-bond donors (Lipinski definition) is 2. The van der Waals surface area contributed by atoms with Gasteiger partial charge in [-0.3, -0.25) is 0 Å². The number of nitrogens with two attached hydrogens (primary N) is 1. The van der Waals surface area contributed by atoms with E-state index in [1.54, 1.807) is 0 Å². The molecule has 1 rings (SSSR count). The van der Waals surface area contributed by atoms with Crippen molar-refractivity contribution in [1.29, 1.82) is 0 Å². The minimum Gasteiger partial charge on any atom is -0.377 e. The van der Waals surface area contributed by atoms with Crippen LogP contribution in [-0.2, 0) is 4.74 Å². The zero-order chi connectivity index (χ0) is 7.23. The number of ether oxygens (including phenoxy) is 1. The van der Waals surface area contributed by atoms with Crippen LogP contribution in [0.25, 0.3) is 0 Å². The van der Waals surface area contributed by atoms with Gasteiger partial charge >= 0.3 is 0 Å². The van der Waals surface area contributed by atoms with Gasteiger partial charge in [-0.15, -0.1) is 0 Å². The summed E-state index contributed by atoms with van der Waals surface area (Å²) in [6.45, 7) is 3.53. The van der Waals surface area contributed by atoms with Crippen molar-refractivity contribution in [3.63, 3.8) is 0 Å². The minimum atomic E-state index is 0.451. The summed E-state index contributed by atoms with van der Waals surface area (Å²) in [6, 6.07) is 0. The van der Waals surface area contributed by atoms with E-state index in [1.165, 1.54) is 12.8 Å². The monoisotopic (exact) mass is 144 g/mol. The molecule has 0 bridgehead atoms. The maximum atomic E-state index is 5.40. The SMILES string of the molecule is NCCNC[C@H]1CCCO1. The van der Waals surface area contributed by atoms with E-state index >= 15 is 0 Å². The van der Waals surface area contributed by atoms with Crippen LogP contribution in [0.4, 0.5) is 0 Å². The molecule has 0 aromatic rings. The summed E-state index contributed by atoms with van der Waals surface area (Å²) >= 11 is 0. The highest BCUT2D eigenvalue weighted by Gasteiger charge is 2.13. The van der Waals surface area contributed by atoms with E-state index in [1.807, 2.05) is 0 Å². The van der Waals surface area contributed by atoms with Gasteiger partial charge in [-0.1, -0.05) is 0 Å². The molecule has 60 valence electrons. The van der Waals surface area contributed by atoms with Crippen LogP contribution >= 0.6 is 0 Å². The van der Waals surface area contributed by atoms with Crippen molar-refractivity contribution in [1.82, 2.24) is 5.32 Å². The molecule has 0 aromatic heterocycles. The molecule has 1 fully saturated rings. The molecular weight excluding hydrogens is 128 g/mol. The van der Waals surface area contributed by atoms with Crippen LogP contribution in [-0.4, -0.2) is 32.3 Å². The zero-order valence-electron chi connectivity index (χ0n) is 6.31. The lowest BCUT2D eigenvalue weighted by molar-refractivity contribution is 0.110. The Balaban J connectivity index is 1.91.